The van der Waals surface area contributed by atoms with Gasteiger partial charge in [-0.2, -0.15) is 0 Å². The number of aryl methyl sites for hydroxylation is 1. The van der Waals surface area contributed by atoms with E-state index in [4.69, 9.17) is 5.73 Å². The van der Waals surface area contributed by atoms with Crippen LogP contribution in [-0.4, -0.2) is 19.5 Å². The van der Waals surface area contributed by atoms with E-state index in [1.165, 1.54) is 17.5 Å². The third-order valence-corrected chi connectivity index (χ3v) is 3.19. The second-order valence-corrected chi connectivity index (χ2v) is 4.77. The summed E-state index contributed by atoms with van der Waals surface area (Å²) in [5, 5.41) is 3.24. The molecule has 0 spiro atoms. The molecule has 0 amide bonds. The van der Waals surface area contributed by atoms with Crippen molar-refractivity contribution in [3.8, 4) is 5.82 Å². The first-order valence-corrected chi connectivity index (χ1v) is 6.62. The van der Waals surface area contributed by atoms with Crippen LogP contribution in [-0.2, 0) is 6.54 Å². The van der Waals surface area contributed by atoms with Gasteiger partial charge in [-0.3, -0.25) is 4.57 Å². The van der Waals surface area contributed by atoms with Crippen LogP contribution in [0.3, 0.4) is 0 Å². The number of nitrogens with zero attached hydrogens (tertiary/aromatic N) is 4. The molecule has 0 aliphatic heterocycles. The van der Waals surface area contributed by atoms with Crippen molar-refractivity contribution in [1.82, 2.24) is 19.5 Å². The fourth-order valence-electron chi connectivity index (χ4n) is 2.01. The summed E-state index contributed by atoms with van der Waals surface area (Å²) in [6.07, 6.45) is 6.62. The van der Waals surface area contributed by atoms with E-state index in [1.54, 1.807) is 23.3 Å². The molecule has 106 valence electrons. The topological polar surface area (TPSA) is 81.7 Å². The number of nitrogens with one attached hydrogen (secondary N) is 1. The van der Waals surface area contributed by atoms with Crippen molar-refractivity contribution < 1.29 is 0 Å². The van der Waals surface area contributed by atoms with Gasteiger partial charge in [0.05, 0.1) is 0 Å². The molecule has 2 heterocycles. The Bertz CT molecular complexity index is 718. The molecule has 6 nitrogen and oxygen atoms in total. The lowest BCUT2D eigenvalue weighted by Crippen LogP contribution is -2.09. The molecule has 1 aromatic carbocycles. The highest BCUT2D eigenvalue weighted by Gasteiger charge is 2.09. The second-order valence-electron chi connectivity index (χ2n) is 4.77. The number of hydrogen-bond donors (Lipinski definition) is 2. The van der Waals surface area contributed by atoms with Gasteiger partial charge in [0.1, 0.15) is 18.3 Å². The van der Waals surface area contributed by atoms with Gasteiger partial charge in [-0.05, 0) is 12.5 Å². The molecule has 0 atom stereocenters. The first kappa shape index (κ1) is 13.1. The molecule has 3 rings (SSSR count). The third kappa shape index (κ3) is 2.84. The summed E-state index contributed by atoms with van der Waals surface area (Å²) in [5.41, 5.74) is 9.04. The third-order valence-electron chi connectivity index (χ3n) is 3.19. The molecular formula is C15H16N6. The van der Waals surface area contributed by atoms with E-state index in [9.17, 15) is 0 Å². The first-order chi connectivity index (χ1) is 10.2. The van der Waals surface area contributed by atoms with E-state index in [-0.39, 0.29) is 0 Å². The molecule has 0 aliphatic rings. The highest BCUT2D eigenvalue weighted by atomic mass is 15.1. The van der Waals surface area contributed by atoms with E-state index in [1.807, 2.05) is 0 Å². The van der Waals surface area contributed by atoms with Crippen molar-refractivity contribution >= 4 is 11.5 Å². The smallest absolute Gasteiger partial charge is 0.166 e. The van der Waals surface area contributed by atoms with Crippen molar-refractivity contribution in [2.45, 2.75) is 13.5 Å². The zero-order valence-electron chi connectivity index (χ0n) is 11.7. The lowest BCUT2D eigenvalue weighted by atomic mass is 10.1. The number of imidazole rings is 1. The Morgan fingerprint density at radius 3 is 2.71 bits per heavy atom. The fraction of sp³-hybridized carbons (Fsp3) is 0.133. The molecule has 3 aromatic rings. The van der Waals surface area contributed by atoms with Gasteiger partial charge in [0, 0.05) is 18.9 Å². The Balaban J connectivity index is 1.80. The maximum Gasteiger partial charge on any atom is 0.166 e. The van der Waals surface area contributed by atoms with Crippen LogP contribution in [0.15, 0.2) is 49.3 Å². The standard InChI is InChI=1S/C15H16N6/c1-11-2-4-12(5-3-11)8-18-14-13(16)15(20-9-19-14)21-7-6-17-10-21/h2-7,9-10H,8,16H2,1H3,(H,18,19,20). The summed E-state index contributed by atoms with van der Waals surface area (Å²) < 4.78 is 1.76. The van der Waals surface area contributed by atoms with Gasteiger partial charge in [0.2, 0.25) is 0 Å². The van der Waals surface area contributed by atoms with Gasteiger partial charge < -0.3 is 11.1 Å². The molecule has 3 N–H and O–H groups in total. The highest BCUT2D eigenvalue weighted by molar-refractivity contribution is 5.69. The first-order valence-electron chi connectivity index (χ1n) is 6.62. The SMILES string of the molecule is Cc1ccc(CNc2ncnc(-n3ccnc3)c2N)cc1. The Morgan fingerprint density at radius 1 is 1.19 bits per heavy atom. The molecule has 0 saturated carbocycles. The highest BCUT2D eigenvalue weighted by Crippen LogP contribution is 2.21. The lowest BCUT2D eigenvalue weighted by Gasteiger charge is -2.11. The average Bonchev–Trinajstić information content (AvgIpc) is 3.02. The van der Waals surface area contributed by atoms with Gasteiger partial charge in [0.25, 0.3) is 0 Å². The van der Waals surface area contributed by atoms with E-state index in [2.05, 4.69) is 51.5 Å². The molecule has 0 radical (unpaired) electrons. The number of benzene rings is 1. The molecule has 21 heavy (non-hydrogen) atoms. The van der Waals surface area contributed by atoms with Gasteiger partial charge in [-0.25, -0.2) is 15.0 Å². The summed E-state index contributed by atoms with van der Waals surface area (Å²) in [7, 11) is 0. The number of anilines is 2. The van der Waals surface area contributed by atoms with Gasteiger partial charge in [-0.15, -0.1) is 0 Å². The maximum atomic E-state index is 6.13. The van der Waals surface area contributed by atoms with Crippen LogP contribution in [0.5, 0.6) is 0 Å². The molecule has 0 aliphatic carbocycles. The van der Waals surface area contributed by atoms with Crippen LogP contribution in [0.25, 0.3) is 5.82 Å². The van der Waals surface area contributed by atoms with E-state index < -0.39 is 0 Å². The molecular weight excluding hydrogens is 264 g/mol. The van der Waals surface area contributed by atoms with Crippen LogP contribution in [0, 0.1) is 6.92 Å². The Kier molecular flexibility index (Phi) is 3.51. The lowest BCUT2D eigenvalue weighted by molar-refractivity contribution is 0.970. The van der Waals surface area contributed by atoms with E-state index in [0.29, 0.717) is 23.9 Å². The zero-order chi connectivity index (χ0) is 14.7. The Labute approximate surface area is 122 Å². The summed E-state index contributed by atoms with van der Waals surface area (Å²) >= 11 is 0. The number of aromatic nitrogens is 4. The predicted octanol–water partition coefficient (Wildman–Crippen LogP) is 2.17. The quantitative estimate of drug-likeness (QED) is 0.765. The normalized spacial score (nSPS) is 10.5. The number of nitrogens with two attached hydrogens (primary N) is 1. The van der Waals surface area contributed by atoms with Crippen molar-refractivity contribution in [3.05, 3.63) is 60.4 Å². The molecule has 2 aromatic heterocycles. The van der Waals surface area contributed by atoms with Gasteiger partial charge >= 0.3 is 0 Å². The monoisotopic (exact) mass is 280 g/mol. The Hall–Kier alpha value is -2.89. The summed E-state index contributed by atoms with van der Waals surface area (Å²) in [6, 6.07) is 8.32. The predicted molar refractivity (Wildman–Crippen MR) is 82.1 cm³/mol. The van der Waals surface area contributed by atoms with Crippen LogP contribution in [0.2, 0.25) is 0 Å². The zero-order valence-corrected chi connectivity index (χ0v) is 11.7. The molecule has 0 unspecified atom stereocenters. The molecule has 6 heteroatoms. The Morgan fingerprint density at radius 2 is 2.00 bits per heavy atom. The van der Waals surface area contributed by atoms with Crippen molar-refractivity contribution in [3.63, 3.8) is 0 Å². The van der Waals surface area contributed by atoms with Crippen molar-refractivity contribution in [2.24, 2.45) is 0 Å². The maximum absolute atomic E-state index is 6.13. The van der Waals surface area contributed by atoms with Crippen molar-refractivity contribution in [2.75, 3.05) is 11.1 Å². The van der Waals surface area contributed by atoms with Crippen LogP contribution in [0.4, 0.5) is 11.5 Å². The van der Waals surface area contributed by atoms with Gasteiger partial charge in [-0.1, -0.05) is 29.8 Å². The minimum atomic E-state index is 0.502. The second kappa shape index (κ2) is 5.62. The number of hydrogen-bond acceptors (Lipinski definition) is 5. The molecule has 0 fully saturated rings. The minimum absolute atomic E-state index is 0.502. The van der Waals surface area contributed by atoms with Gasteiger partial charge in [0.15, 0.2) is 11.6 Å². The van der Waals surface area contributed by atoms with E-state index in [0.717, 1.165) is 0 Å². The largest absolute Gasteiger partial charge is 0.393 e. The van der Waals surface area contributed by atoms with Crippen LogP contribution in [0.1, 0.15) is 11.1 Å². The summed E-state index contributed by atoms with van der Waals surface area (Å²) in [5.74, 6) is 1.24. The van der Waals surface area contributed by atoms with Crippen LogP contribution < -0.4 is 11.1 Å². The van der Waals surface area contributed by atoms with Crippen molar-refractivity contribution in [1.29, 1.82) is 0 Å². The van der Waals surface area contributed by atoms with Crippen LogP contribution >= 0.6 is 0 Å². The number of nitrogen functional groups attached to an aromatic ring is 1. The summed E-state index contributed by atoms with van der Waals surface area (Å²) in [6.45, 7) is 2.72. The number of rotatable bonds is 4. The minimum Gasteiger partial charge on any atom is -0.393 e. The molecule has 0 bridgehead atoms. The molecule has 0 saturated heterocycles. The fourth-order valence-corrected chi connectivity index (χ4v) is 2.01. The van der Waals surface area contributed by atoms with E-state index >= 15 is 0 Å². The summed E-state index contributed by atoms with van der Waals surface area (Å²) in [4.78, 5) is 12.4. The average molecular weight is 280 g/mol.